The Morgan fingerprint density at radius 2 is 1.62 bits per heavy atom. The minimum atomic E-state index is -0.652. The van der Waals surface area contributed by atoms with Gasteiger partial charge in [0, 0.05) is 30.7 Å². The average Bonchev–Trinajstić information content (AvgIpc) is 2.91. The second-order valence-electron chi connectivity index (χ2n) is 10.8. The predicted octanol–water partition coefficient (Wildman–Crippen LogP) is 6.32. The highest BCUT2D eigenvalue weighted by molar-refractivity contribution is 5.91. The molecule has 1 amide bonds. The van der Waals surface area contributed by atoms with Gasteiger partial charge in [0.25, 0.3) is 0 Å². The third-order valence-corrected chi connectivity index (χ3v) is 6.44. The summed E-state index contributed by atoms with van der Waals surface area (Å²) in [6.07, 6.45) is 3.13. The minimum Gasteiger partial charge on any atom is -0.457 e. The van der Waals surface area contributed by atoms with E-state index in [-0.39, 0.29) is 31.3 Å². The Morgan fingerprint density at radius 3 is 2.35 bits per heavy atom. The molecular weight excluding hydrogens is 504 g/mol. The molecule has 1 N–H and O–H groups in total. The van der Waals surface area contributed by atoms with E-state index in [0.29, 0.717) is 5.56 Å². The molecule has 0 saturated carbocycles. The van der Waals surface area contributed by atoms with Gasteiger partial charge in [-0.1, -0.05) is 60.7 Å². The minimum absolute atomic E-state index is 0.0387. The quantitative estimate of drug-likeness (QED) is 0.251. The fourth-order valence-corrected chi connectivity index (χ4v) is 4.36. The first kappa shape index (κ1) is 28.5. The van der Waals surface area contributed by atoms with Gasteiger partial charge in [-0.05, 0) is 67.5 Å². The zero-order valence-electron chi connectivity index (χ0n) is 23.3. The number of pyridine rings is 1. The summed E-state index contributed by atoms with van der Waals surface area (Å²) < 4.78 is 10.9. The summed E-state index contributed by atoms with van der Waals surface area (Å²) in [5.41, 5.74) is 3.15. The lowest BCUT2D eigenvalue weighted by Gasteiger charge is -2.22. The van der Waals surface area contributed by atoms with Gasteiger partial charge in [-0.25, -0.2) is 9.59 Å². The number of hydrogen-bond acceptors (Lipinski definition) is 6. The van der Waals surface area contributed by atoms with Crippen LogP contribution in [0, 0.1) is 6.92 Å². The number of benzene rings is 3. The standard InChI is InChI=1S/C33H34N2O5/c1-22-7-5-6-8-28(22)31(37)39-21-23-9-12-25(13-10-23)29(20-35-32(38)40-33(2,3)4)30(36)18-24-11-14-27-19-34-16-15-26(27)17-24/h5-17,19,29H,18,20-21H2,1-4H3,(H,35,38). The summed E-state index contributed by atoms with van der Waals surface area (Å²) in [5, 5.41) is 4.76. The van der Waals surface area contributed by atoms with E-state index in [1.165, 1.54) is 0 Å². The lowest BCUT2D eigenvalue weighted by molar-refractivity contribution is -0.119. The van der Waals surface area contributed by atoms with Crippen LogP contribution in [0.5, 0.6) is 0 Å². The van der Waals surface area contributed by atoms with Gasteiger partial charge in [0.05, 0.1) is 11.5 Å². The molecule has 0 aliphatic heterocycles. The van der Waals surface area contributed by atoms with Gasteiger partial charge in [-0.15, -0.1) is 0 Å². The highest BCUT2D eigenvalue weighted by Gasteiger charge is 2.24. The van der Waals surface area contributed by atoms with Gasteiger partial charge in [-0.3, -0.25) is 9.78 Å². The van der Waals surface area contributed by atoms with Crippen molar-refractivity contribution in [3.8, 4) is 0 Å². The Balaban J connectivity index is 1.48. The van der Waals surface area contributed by atoms with Crippen LogP contribution in [0.25, 0.3) is 10.8 Å². The van der Waals surface area contributed by atoms with Crippen LogP contribution in [-0.4, -0.2) is 35.0 Å². The van der Waals surface area contributed by atoms with E-state index in [1.807, 2.05) is 67.6 Å². The van der Waals surface area contributed by atoms with E-state index in [2.05, 4.69) is 10.3 Å². The van der Waals surface area contributed by atoms with Crippen LogP contribution in [0.3, 0.4) is 0 Å². The molecule has 0 aliphatic rings. The molecule has 4 rings (SSSR count). The number of rotatable bonds is 9. The van der Waals surface area contributed by atoms with Crippen molar-refractivity contribution in [2.45, 2.75) is 52.2 Å². The van der Waals surface area contributed by atoms with Crippen LogP contribution < -0.4 is 5.32 Å². The highest BCUT2D eigenvalue weighted by Crippen LogP contribution is 2.22. The van der Waals surface area contributed by atoms with Gasteiger partial charge in [0.1, 0.15) is 18.0 Å². The lowest BCUT2D eigenvalue weighted by Crippen LogP contribution is -2.36. The molecule has 1 unspecified atom stereocenters. The molecule has 0 saturated heterocycles. The summed E-state index contributed by atoms with van der Waals surface area (Å²) in [5.74, 6) is -1.02. The maximum atomic E-state index is 13.6. The Kier molecular flexibility index (Phi) is 8.94. The van der Waals surface area contributed by atoms with Crippen molar-refractivity contribution in [3.05, 3.63) is 113 Å². The summed E-state index contributed by atoms with van der Waals surface area (Å²) in [6, 6.07) is 22.4. The SMILES string of the molecule is Cc1ccccc1C(=O)OCc1ccc(C(CNC(=O)OC(C)(C)C)C(=O)Cc2ccc3cnccc3c2)cc1. The number of esters is 1. The topological polar surface area (TPSA) is 94.6 Å². The Morgan fingerprint density at radius 1 is 0.900 bits per heavy atom. The third-order valence-electron chi connectivity index (χ3n) is 6.44. The summed E-state index contributed by atoms with van der Waals surface area (Å²) >= 11 is 0. The van der Waals surface area contributed by atoms with Crippen molar-refractivity contribution in [1.82, 2.24) is 10.3 Å². The molecule has 0 fully saturated rings. The number of hydrogen-bond donors (Lipinski definition) is 1. The molecule has 3 aromatic carbocycles. The maximum absolute atomic E-state index is 13.6. The van der Waals surface area contributed by atoms with Crippen LogP contribution >= 0.6 is 0 Å². The monoisotopic (exact) mass is 538 g/mol. The van der Waals surface area contributed by atoms with E-state index in [0.717, 1.165) is 33.0 Å². The molecule has 206 valence electrons. The van der Waals surface area contributed by atoms with Crippen LogP contribution in [0.2, 0.25) is 0 Å². The first-order valence-corrected chi connectivity index (χ1v) is 13.2. The Labute approximate surface area is 234 Å². The molecule has 1 atom stereocenters. The van der Waals surface area contributed by atoms with E-state index in [1.54, 1.807) is 45.3 Å². The Hall–Kier alpha value is -4.52. The molecule has 4 aromatic rings. The first-order valence-electron chi connectivity index (χ1n) is 13.2. The molecule has 0 radical (unpaired) electrons. The number of ether oxygens (including phenoxy) is 2. The van der Waals surface area contributed by atoms with Crippen molar-refractivity contribution < 1.29 is 23.9 Å². The lowest BCUT2D eigenvalue weighted by atomic mass is 9.90. The predicted molar refractivity (Wildman–Crippen MR) is 154 cm³/mol. The molecule has 0 bridgehead atoms. The normalized spacial score (nSPS) is 12.0. The van der Waals surface area contributed by atoms with Crippen LogP contribution in [0.15, 0.2) is 85.2 Å². The fourth-order valence-electron chi connectivity index (χ4n) is 4.36. The largest absolute Gasteiger partial charge is 0.457 e. The molecule has 7 nitrogen and oxygen atoms in total. The molecule has 0 spiro atoms. The summed E-state index contributed by atoms with van der Waals surface area (Å²) in [4.78, 5) is 42.6. The third kappa shape index (κ3) is 7.76. The number of Topliss-reactive ketones (excluding diaryl/α,β-unsaturated/α-hetero) is 1. The van der Waals surface area contributed by atoms with Gasteiger partial charge < -0.3 is 14.8 Å². The van der Waals surface area contributed by atoms with Crippen molar-refractivity contribution >= 4 is 28.6 Å². The number of nitrogens with one attached hydrogen (secondary N) is 1. The zero-order valence-corrected chi connectivity index (χ0v) is 23.3. The highest BCUT2D eigenvalue weighted by atomic mass is 16.6. The molecule has 0 aliphatic carbocycles. The number of alkyl carbamates (subject to hydrolysis) is 1. The fraction of sp³-hybridized carbons (Fsp3) is 0.273. The second-order valence-corrected chi connectivity index (χ2v) is 10.8. The number of carbonyl (C=O) groups is 3. The van der Waals surface area contributed by atoms with Crippen molar-refractivity contribution in [3.63, 3.8) is 0 Å². The molecule has 1 aromatic heterocycles. The number of ketones is 1. The maximum Gasteiger partial charge on any atom is 0.407 e. The number of amides is 1. The number of nitrogens with zero attached hydrogens (tertiary/aromatic N) is 1. The van der Waals surface area contributed by atoms with E-state index in [9.17, 15) is 14.4 Å². The molecule has 40 heavy (non-hydrogen) atoms. The van der Waals surface area contributed by atoms with Gasteiger partial charge in [0.15, 0.2) is 0 Å². The van der Waals surface area contributed by atoms with E-state index in [4.69, 9.17) is 9.47 Å². The van der Waals surface area contributed by atoms with Crippen molar-refractivity contribution in [1.29, 1.82) is 0 Å². The van der Waals surface area contributed by atoms with Crippen molar-refractivity contribution in [2.24, 2.45) is 0 Å². The van der Waals surface area contributed by atoms with Gasteiger partial charge in [-0.2, -0.15) is 0 Å². The molecule has 1 heterocycles. The molecular formula is C33H34N2O5. The number of aryl methyl sites for hydroxylation is 1. The van der Waals surface area contributed by atoms with Gasteiger partial charge >= 0.3 is 12.1 Å². The first-order chi connectivity index (χ1) is 19.1. The number of fused-ring (bicyclic) bond motifs is 1. The van der Waals surface area contributed by atoms with E-state index >= 15 is 0 Å². The van der Waals surface area contributed by atoms with Crippen LogP contribution in [0.1, 0.15) is 59.3 Å². The van der Waals surface area contributed by atoms with E-state index < -0.39 is 17.6 Å². The van der Waals surface area contributed by atoms with Crippen LogP contribution in [-0.2, 0) is 27.3 Å². The zero-order chi connectivity index (χ0) is 28.7. The van der Waals surface area contributed by atoms with Gasteiger partial charge in [0.2, 0.25) is 0 Å². The number of carbonyl (C=O) groups excluding carboxylic acids is 3. The second kappa shape index (κ2) is 12.6. The van der Waals surface area contributed by atoms with Crippen molar-refractivity contribution in [2.75, 3.05) is 6.54 Å². The summed E-state index contributed by atoms with van der Waals surface area (Å²) in [7, 11) is 0. The van der Waals surface area contributed by atoms with Crippen LogP contribution in [0.4, 0.5) is 4.79 Å². The Bertz CT molecular complexity index is 1510. The smallest absolute Gasteiger partial charge is 0.407 e. The summed E-state index contributed by atoms with van der Waals surface area (Å²) in [6.45, 7) is 7.42. The average molecular weight is 539 g/mol. The molecule has 7 heteroatoms. The number of aromatic nitrogens is 1.